The van der Waals surface area contributed by atoms with Crippen LogP contribution in [0.2, 0.25) is 0 Å². The Morgan fingerprint density at radius 1 is 1.13 bits per heavy atom. The molecule has 10 atom stereocenters. The molecule has 1 N–H and O–H groups in total. The minimum absolute atomic E-state index is 0.120. The van der Waals surface area contributed by atoms with Gasteiger partial charge in [0.1, 0.15) is 6.10 Å². The highest BCUT2D eigenvalue weighted by atomic mass is 16.6. The number of hydrogen-bond donors (Lipinski definition) is 1. The summed E-state index contributed by atoms with van der Waals surface area (Å²) in [5.41, 5.74) is 0.145. The summed E-state index contributed by atoms with van der Waals surface area (Å²) in [4.78, 5) is 28.1. The maximum atomic E-state index is 13.3. The number of hydrogen-bond acceptors (Lipinski definition) is 6. The summed E-state index contributed by atoms with van der Waals surface area (Å²) in [5.74, 6) is 0.196. The molecule has 3 saturated heterocycles. The number of aliphatic hydroxyl groups is 1. The Morgan fingerprint density at radius 2 is 1.90 bits per heavy atom. The highest BCUT2D eigenvalue weighted by Crippen LogP contribution is 2.75. The zero-order valence-electron chi connectivity index (χ0n) is 18.2. The molecule has 6 aliphatic rings. The molecule has 30 heavy (non-hydrogen) atoms. The molecule has 3 aliphatic carbocycles. The topological polar surface area (TPSA) is 76.1 Å². The number of rotatable bonds is 2. The third kappa shape index (κ3) is 1.99. The van der Waals surface area contributed by atoms with Crippen LogP contribution >= 0.6 is 0 Å². The molecule has 0 aromatic carbocycles. The maximum Gasteiger partial charge on any atom is 0.337 e. The van der Waals surface area contributed by atoms with Crippen molar-refractivity contribution < 1.29 is 24.2 Å². The lowest BCUT2D eigenvalue weighted by atomic mass is 9.53. The van der Waals surface area contributed by atoms with Gasteiger partial charge in [-0.1, -0.05) is 12.8 Å². The van der Waals surface area contributed by atoms with Gasteiger partial charge in [0.15, 0.2) is 0 Å². The smallest absolute Gasteiger partial charge is 0.337 e. The van der Waals surface area contributed by atoms with Gasteiger partial charge in [0.25, 0.3) is 0 Å². The zero-order valence-corrected chi connectivity index (χ0v) is 18.2. The minimum Gasteiger partial charge on any atom is -0.466 e. The van der Waals surface area contributed by atoms with E-state index in [1.165, 1.54) is 14.0 Å². The maximum absolute atomic E-state index is 13.3. The first-order valence-electron chi connectivity index (χ1n) is 11.9. The number of carbonyl (C=O) groups excluding carboxylic acids is 2. The van der Waals surface area contributed by atoms with Crippen LogP contribution < -0.4 is 0 Å². The van der Waals surface area contributed by atoms with E-state index in [9.17, 15) is 14.7 Å². The zero-order chi connectivity index (χ0) is 21.0. The van der Waals surface area contributed by atoms with Crippen molar-refractivity contribution in [3.05, 3.63) is 11.1 Å². The van der Waals surface area contributed by atoms with E-state index in [2.05, 4.69) is 11.8 Å². The molecular formula is C24H33NO5. The van der Waals surface area contributed by atoms with Crippen molar-refractivity contribution in [2.75, 3.05) is 7.11 Å². The number of esters is 2. The van der Waals surface area contributed by atoms with Gasteiger partial charge in [-0.15, -0.1) is 0 Å². The van der Waals surface area contributed by atoms with Crippen molar-refractivity contribution >= 4 is 11.9 Å². The van der Waals surface area contributed by atoms with Gasteiger partial charge in [0.05, 0.1) is 23.8 Å². The number of nitrogens with zero attached hydrogens (tertiary/aromatic N) is 1. The molecule has 0 aromatic heterocycles. The largest absolute Gasteiger partial charge is 0.466 e. The van der Waals surface area contributed by atoms with Gasteiger partial charge >= 0.3 is 11.9 Å². The molecule has 0 amide bonds. The molecule has 0 radical (unpaired) electrons. The summed E-state index contributed by atoms with van der Waals surface area (Å²) >= 11 is 0. The van der Waals surface area contributed by atoms with Crippen LogP contribution in [-0.4, -0.2) is 58.4 Å². The van der Waals surface area contributed by atoms with Crippen molar-refractivity contribution in [2.45, 2.75) is 94.5 Å². The second-order valence-corrected chi connectivity index (χ2v) is 10.8. The Labute approximate surface area is 178 Å². The van der Waals surface area contributed by atoms with E-state index < -0.39 is 17.7 Å². The molecule has 3 heterocycles. The monoisotopic (exact) mass is 415 g/mol. The minimum atomic E-state index is -0.964. The quantitative estimate of drug-likeness (QED) is 0.699. The normalized spacial score (nSPS) is 52.7. The van der Waals surface area contributed by atoms with E-state index in [1.807, 2.05) is 0 Å². The molecule has 6 heteroatoms. The number of piperidine rings is 2. The number of carbonyl (C=O) groups is 2. The van der Waals surface area contributed by atoms with Crippen LogP contribution in [0.5, 0.6) is 0 Å². The first-order chi connectivity index (χ1) is 14.4. The summed E-state index contributed by atoms with van der Waals surface area (Å²) in [7, 11) is 1.40. The summed E-state index contributed by atoms with van der Waals surface area (Å²) in [6.07, 6.45) is 7.65. The van der Waals surface area contributed by atoms with Crippen LogP contribution in [0.1, 0.15) is 65.2 Å². The molecule has 5 fully saturated rings. The first kappa shape index (κ1) is 19.3. The van der Waals surface area contributed by atoms with Gasteiger partial charge in [-0.3, -0.25) is 9.69 Å². The SMILES string of the molecule is COC(=O)C1=C2[C@@]3([C@H]4C[C@@H]5[C@@H](CC[C@H](C)N53)[C@]2(O)C4)[C@@H]2CCCC[C@H]2[C@@H]1OC(C)=O. The van der Waals surface area contributed by atoms with E-state index in [-0.39, 0.29) is 23.3 Å². The van der Waals surface area contributed by atoms with Gasteiger partial charge in [-0.25, -0.2) is 4.79 Å². The predicted molar refractivity (Wildman–Crippen MR) is 108 cm³/mol. The highest BCUT2D eigenvalue weighted by Gasteiger charge is 2.80. The second-order valence-electron chi connectivity index (χ2n) is 10.8. The summed E-state index contributed by atoms with van der Waals surface area (Å²) in [6.45, 7) is 3.75. The van der Waals surface area contributed by atoms with Crippen molar-refractivity contribution in [3.8, 4) is 0 Å². The lowest BCUT2D eigenvalue weighted by Gasteiger charge is -2.64. The molecule has 3 aliphatic heterocycles. The Morgan fingerprint density at radius 3 is 2.63 bits per heavy atom. The van der Waals surface area contributed by atoms with Crippen LogP contribution in [0.4, 0.5) is 0 Å². The van der Waals surface area contributed by atoms with Gasteiger partial charge < -0.3 is 14.6 Å². The van der Waals surface area contributed by atoms with E-state index in [0.717, 1.165) is 56.9 Å². The molecule has 1 unspecified atom stereocenters. The Kier molecular flexibility index (Phi) is 3.92. The van der Waals surface area contributed by atoms with Gasteiger partial charge in [0, 0.05) is 30.8 Å². The van der Waals surface area contributed by atoms with E-state index in [0.29, 0.717) is 29.5 Å². The van der Waals surface area contributed by atoms with Gasteiger partial charge in [0.2, 0.25) is 0 Å². The Balaban J connectivity index is 1.67. The number of fused-ring (bicyclic) bond motifs is 2. The standard InChI is InChI=1S/C24H33NO5/c1-12-8-9-17-18-10-14-11-23(17,28)21-19(22(27)29-3)20(30-13(2)26)15-6-4-5-7-16(15)24(14,21)25(12)18/h12,14-18,20,28H,4-11H2,1-3H3/t12-,14-,15+,16+,17+,18+,20-,23+,24+/m0/s1. The van der Waals surface area contributed by atoms with Gasteiger partial charge in [-0.2, -0.15) is 0 Å². The fourth-order valence-corrected chi connectivity index (χ4v) is 9.37. The van der Waals surface area contributed by atoms with Crippen LogP contribution in [-0.2, 0) is 19.1 Å². The van der Waals surface area contributed by atoms with Gasteiger partial charge in [-0.05, 0) is 62.9 Å². The molecule has 164 valence electrons. The Bertz CT molecular complexity index is 853. The highest BCUT2D eigenvalue weighted by molar-refractivity contribution is 5.93. The molecular weight excluding hydrogens is 382 g/mol. The van der Waals surface area contributed by atoms with Crippen LogP contribution in [0.3, 0.4) is 0 Å². The molecule has 2 saturated carbocycles. The summed E-state index contributed by atoms with van der Waals surface area (Å²) < 4.78 is 11.2. The third-order valence-corrected chi connectivity index (χ3v) is 9.80. The average molecular weight is 416 g/mol. The fourth-order valence-electron chi connectivity index (χ4n) is 9.37. The Hall–Kier alpha value is -1.40. The third-order valence-electron chi connectivity index (χ3n) is 9.80. The summed E-state index contributed by atoms with van der Waals surface area (Å²) in [6, 6.07) is 0.855. The van der Waals surface area contributed by atoms with Crippen LogP contribution in [0.25, 0.3) is 0 Å². The lowest BCUT2D eigenvalue weighted by molar-refractivity contribution is -0.165. The average Bonchev–Trinajstić information content (AvgIpc) is 3.11. The molecule has 6 rings (SSSR count). The lowest BCUT2D eigenvalue weighted by Crippen LogP contribution is -2.72. The van der Waals surface area contributed by atoms with E-state index >= 15 is 0 Å². The molecule has 6 nitrogen and oxygen atoms in total. The molecule has 1 spiro atoms. The second kappa shape index (κ2) is 6.10. The van der Waals surface area contributed by atoms with Crippen LogP contribution in [0, 0.1) is 23.7 Å². The van der Waals surface area contributed by atoms with Crippen molar-refractivity contribution in [3.63, 3.8) is 0 Å². The number of methoxy groups -OCH3 is 1. The molecule has 0 aromatic rings. The van der Waals surface area contributed by atoms with Crippen molar-refractivity contribution in [1.82, 2.24) is 4.90 Å². The molecule has 5 bridgehead atoms. The van der Waals surface area contributed by atoms with E-state index in [4.69, 9.17) is 9.47 Å². The fraction of sp³-hybridized carbons (Fsp3) is 0.833. The number of ether oxygens (including phenoxy) is 2. The van der Waals surface area contributed by atoms with Crippen LogP contribution in [0.15, 0.2) is 11.1 Å². The van der Waals surface area contributed by atoms with Crippen molar-refractivity contribution in [2.24, 2.45) is 23.7 Å². The predicted octanol–water partition coefficient (Wildman–Crippen LogP) is 2.58. The van der Waals surface area contributed by atoms with E-state index in [1.54, 1.807) is 0 Å². The van der Waals surface area contributed by atoms with Crippen molar-refractivity contribution in [1.29, 1.82) is 0 Å². The first-order valence-corrected chi connectivity index (χ1v) is 11.9. The summed E-state index contributed by atoms with van der Waals surface area (Å²) in [5, 5.41) is 12.2.